The highest BCUT2D eigenvalue weighted by molar-refractivity contribution is 7.18. The maximum absolute atomic E-state index is 13.2. The van der Waals surface area contributed by atoms with Crippen molar-refractivity contribution in [1.29, 1.82) is 0 Å². The highest BCUT2D eigenvalue weighted by Crippen LogP contribution is 2.26. The second-order valence-corrected chi connectivity index (χ2v) is 5.87. The van der Waals surface area contributed by atoms with Gasteiger partial charge in [0.15, 0.2) is 16.6 Å². The van der Waals surface area contributed by atoms with Crippen molar-refractivity contribution in [3.63, 3.8) is 0 Å². The van der Waals surface area contributed by atoms with Gasteiger partial charge >= 0.3 is 0 Å². The van der Waals surface area contributed by atoms with Crippen LogP contribution in [0.15, 0.2) is 29.1 Å². The largest absolute Gasteiger partial charge is 0.275 e. The van der Waals surface area contributed by atoms with Crippen molar-refractivity contribution in [1.82, 2.24) is 14.6 Å². The number of nitrogens with zero attached hydrogens (tertiary/aromatic N) is 3. The Hall–Kier alpha value is -2.12. The summed E-state index contributed by atoms with van der Waals surface area (Å²) in [6.45, 7) is 1.71. The van der Waals surface area contributed by atoms with Gasteiger partial charge in [-0.3, -0.25) is 4.79 Å². The van der Waals surface area contributed by atoms with Gasteiger partial charge in [-0.05, 0) is 30.7 Å². The van der Waals surface area contributed by atoms with Crippen molar-refractivity contribution in [2.45, 2.75) is 6.92 Å². The lowest BCUT2D eigenvalue weighted by Gasteiger charge is -1.97. The van der Waals surface area contributed by atoms with E-state index in [-0.39, 0.29) is 10.6 Å². The summed E-state index contributed by atoms with van der Waals surface area (Å²) in [6, 6.07) is 4.80. The molecule has 0 saturated carbocycles. The highest BCUT2D eigenvalue weighted by atomic mass is 35.5. The monoisotopic (exact) mass is 339 g/mol. The molecule has 0 fully saturated rings. The molecule has 0 aliphatic carbocycles. The van der Waals surface area contributed by atoms with E-state index in [1.54, 1.807) is 6.92 Å². The molecule has 4 nitrogen and oxygen atoms in total. The van der Waals surface area contributed by atoms with Crippen LogP contribution >= 0.6 is 22.9 Å². The Kier molecular flexibility index (Phi) is 3.76. The Morgan fingerprint density at radius 1 is 1.32 bits per heavy atom. The Balaban J connectivity index is 2.06. The first-order valence-electron chi connectivity index (χ1n) is 6.14. The van der Waals surface area contributed by atoms with Crippen LogP contribution in [0.1, 0.15) is 16.3 Å². The van der Waals surface area contributed by atoms with E-state index in [1.807, 2.05) is 0 Å². The average Bonchev–Trinajstić information content (AvgIpc) is 2.87. The Morgan fingerprint density at radius 2 is 2.09 bits per heavy atom. The number of aryl methyl sites for hydroxylation is 1. The van der Waals surface area contributed by atoms with Gasteiger partial charge in [-0.15, -0.1) is 0 Å². The normalized spacial score (nSPS) is 12.1. The number of fused-ring (bicyclic) bond motifs is 1. The van der Waals surface area contributed by atoms with Crippen LogP contribution in [0, 0.1) is 18.6 Å². The first-order valence-corrected chi connectivity index (χ1v) is 7.33. The molecule has 0 saturated heterocycles. The van der Waals surface area contributed by atoms with E-state index >= 15 is 0 Å². The molecule has 8 heteroatoms. The van der Waals surface area contributed by atoms with Gasteiger partial charge < -0.3 is 0 Å². The first-order chi connectivity index (χ1) is 10.4. The van der Waals surface area contributed by atoms with Gasteiger partial charge in [-0.2, -0.15) is 9.61 Å². The summed E-state index contributed by atoms with van der Waals surface area (Å²) in [4.78, 5) is 16.4. The summed E-state index contributed by atoms with van der Waals surface area (Å²) >= 11 is 7.28. The summed E-state index contributed by atoms with van der Waals surface area (Å²) in [7, 11) is 0. The molecular formula is C14H8ClF2N3OS. The summed E-state index contributed by atoms with van der Waals surface area (Å²) in [5, 5.41) is 4.65. The number of hydrogen-bond acceptors (Lipinski definition) is 4. The molecule has 3 rings (SSSR count). The van der Waals surface area contributed by atoms with Gasteiger partial charge in [0.2, 0.25) is 4.96 Å². The summed E-state index contributed by atoms with van der Waals surface area (Å²) in [5.41, 5.74) is 0.669. The molecule has 0 N–H and O–H groups in total. The lowest BCUT2D eigenvalue weighted by atomic mass is 10.2. The van der Waals surface area contributed by atoms with Gasteiger partial charge in [0.05, 0.1) is 5.03 Å². The zero-order chi connectivity index (χ0) is 15.9. The topological polar surface area (TPSA) is 47.3 Å². The molecule has 2 heterocycles. The SMILES string of the molecule is Cc1cc(=O)n2nc(/C(Cl)=C/c3ccc(F)c(F)c3)sc2n1. The number of benzene rings is 1. The van der Waals surface area contributed by atoms with Crippen LogP contribution in [0.4, 0.5) is 8.78 Å². The maximum Gasteiger partial charge on any atom is 0.275 e. The molecule has 0 bridgehead atoms. The van der Waals surface area contributed by atoms with Crippen LogP contribution in [0.3, 0.4) is 0 Å². The number of halogens is 3. The van der Waals surface area contributed by atoms with Gasteiger partial charge in [-0.1, -0.05) is 29.0 Å². The minimum Gasteiger partial charge on any atom is -0.267 e. The fourth-order valence-electron chi connectivity index (χ4n) is 1.83. The standard InChI is InChI=1S/C14H8ClF2N3OS/c1-7-4-12(21)20-14(18-7)22-13(19-20)9(15)5-8-2-3-10(16)11(17)6-8/h2-6H,1H3/b9-5-. The molecule has 0 radical (unpaired) electrons. The predicted molar refractivity (Wildman–Crippen MR) is 82.0 cm³/mol. The van der Waals surface area contributed by atoms with E-state index in [9.17, 15) is 13.6 Å². The van der Waals surface area contributed by atoms with Crippen molar-refractivity contribution in [2.75, 3.05) is 0 Å². The van der Waals surface area contributed by atoms with Crippen LogP contribution in [0.5, 0.6) is 0 Å². The minimum atomic E-state index is -0.962. The Labute approximate surface area is 132 Å². The van der Waals surface area contributed by atoms with Gasteiger partial charge in [0.1, 0.15) is 0 Å². The predicted octanol–water partition coefficient (Wildman–Crippen LogP) is 3.47. The maximum atomic E-state index is 13.2. The third kappa shape index (κ3) is 2.77. The second kappa shape index (κ2) is 5.58. The number of aromatic nitrogens is 3. The zero-order valence-electron chi connectivity index (χ0n) is 11.2. The minimum absolute atomic E-state index is 0.207. The molecule has 2 aromatic heterocycles. The van der Waals surface area contributed by atoms with Crippen LogP contribution in [0.25, 0.3) is 16.1 Å². The molecule has 3 aromatic rings. The van der Waals surface area contributed by atoms with Crippen molar-refractivity contribution in [3.8, 4) is 0 Å². The number of rotatable bonds is 2. The van der Waals surface area contributed by atoms with Crippen LogP contribution < -0.4 is 5.56 Å². The lowest BCUT2D eigenvalue weighted by molar-refractivity contribution is 0.508. The highest BCUT2D eigenvalue weighted by Gasteiger charge is 2.11. The third-order valence-electron chi connectivity index (χ3n) is 2.81. The van der Waals surface area contributed by atoms with Crippen molar-refractivity contribution >= 4 is 39.0 Å². The van der Waals surface area contributed by atoms with Crippen molar-refractivity contribution < 1.29 is 8.78 Å². The second-order valence-electron chi connectivity index (χ2n) is 4.50. The summed E-state index contributed by atoms with van der Waals surface area (Å²) in [6.07, 6.45) is 1.44. The van der Waals surface area contributed by atoms with Crippen LogP contribution in [-0.2, 0) is 0 Å². The number of hydrogen-bond donors (Lipinski definition) is 0. The van der Waals surface area contributed by atoms with E-state index < -0.39 is 11.6 Å². The molecule has 1 aromatic carbocycles. The first kappa shape index (κ1) is 14.8. The van der Waals surface area contributed by atoms with E-state index in [1.165, 1.54) is 18.2 Å². The molecule has 0 unspecified atom stereocenters. The van der Waals surface area contributed by atoms with Crippen molar-refractivity contribution in [2.24, 2.45) is 0 Å². The average molecular weight is 340 g/mol. The lowest BCUT2D eigenvalue weighted by Crippen LogP contribution is -2.14. The van der Waals surface area contributed by atoms with Crippen LogP contribution in [0.2, 0.25) is 0 Å². The zero-order valence-corrected chi connectivity index (χ0v) is 12.8. The Bertz CT molecular complexity index is 964. The smallest absolute Gasteiger partial charge is 0.267 e. The van der Waals surface area contributed by atoms with Gasteiger partial charge in [0.25, 0.3) is 5.56 Å². The fourth-order valence-corrected chi connectivity index (χ4v) is 2.97. The van der Waals surface area contributed by atoms with Gasteiger partial charge in [0, 0.05) is 11.8 Å². The fraction of sp³-hybridized carbons (Fsp3) is 0.0714. The van der Waals surface area contributed by atoms with E-state index in [4.69, 9.17) is 11.6 Å². The molecule has 0 aliphatic rings. The molecule has 0 atom stereocenters. The molecule has 0 aliphatic heterocycles. The van der Waals surface area contributed by atoms with Crippen molar-refractivity contribution in [3.05, 3.63) is 62.5 Å². The van der Waals surface area contributed by atoms with E-state index in [2.05, 4.69) is 10.1 Å². The summed E-state index contributed by atoms with van der Waals surface area (Å²) in [5.74, 6) is -1.89. The quantitative estimate of drug-likeness (QED) is 0.718. The molecular weight excluding hydrogens is 332 g/mol. The third-order valence-corrected chi connectivity index (χ3v) is 4.16. The molecule has 0 spiro atoms. The molecule has 0 amide bonds. The van der Waals surface area contributed by atoms with E-state index in [0.29, 0.717) is 21.2 Å². The van der Waals surface area contributed by atoms with Crippen LogP contribution in [-0.4, -0.2) is 14.6 Å². The summed E-state index contributed by atoms with van der Waals surface area (Å²) < 4.78 is 27.2. The van der Waals surface area contributed by atoms with E-state index in [0.717, 1.165) is 28.0 Å². The van der Waals surface area contributed by atoms with Gasteiger partial charge in [-0.25, -0.2) is 13.8 Å². The Morgan fingerprint density at radius 3 is 2.82 bits per heavy atom. The molecule has 112 valence electrons. The molecule has 22 heavy (non-hydrogen) atoms.